The Morgan fingerprint density at radius 2 is 1.48 bits per heavy atom. The fourth-order valence-electron chi connectivity index (χ4n) is 1.90. The largest absolute Gasteiger partial charge is 0.332 e. The van der Waals surface area contributed by atoms with Crippen LogP contribution in [0.4, 0.5) is 11.4 Å². The number of benzene rings is 2. The standard InChI is InChI=1S/C17H18N2OS/c1-11-4-7-16(10-12(11)2)19-17(21)18-15-8-5-14(6-9-15)13(3)20/h4-10H,1-3H3,(H2,18,19,21). The molecule has 0 saturated heterocycles. The first-order valence-corrected chi connectivity index (χ1v) is 7.13. The van der Waals surface area contributed by atoms with Crippen molar-refractivity contribution in [2.24, 2.45) is 0 Å². The molecular formula is C17H18N2OS. The Morgan fingerprint density at radius 3 is 2.05 bits per heavy atom. The number of ketones is 1. The number of thiocarbonyl (C=S) groups is 1. The van der Waals surface area contributed by atoms with E-state index in [1.54, 1.807) is 19.1 Å². The molecule has 0 aliphatic heterocycles. The summed E-state index contributed by atoms with van der Waals surface area (Å²) >= 11 is 5.29. The summed E-state index contributed by atoms with van der Waals surface area (Å²) in [4.78, 5) is 11.2. The van der Waals surface area contributed by atoms with Gasteiger partial charge in [-0.05, 0) is 80.5 Å². The summed E-state index contributed by atoms with van der Waals surface area (Å²) in [6.07, 6.45) is 0. The van der Waals surface area contributed by atoms with Crippen LogP contribution in [0.3, 0.4) is 0 Å². The van der Waals surface area contributed by atoms with E-state index < -0.39 is 0 Å². The summed E-state index contributed by atoms with van der Waals surface area (Å²) in [5.41, 5.74) is 4.96. The number of carbonyl (C=O) groups excluding carboxylic acids is 1. The van der Waals surface area contributed by atoms with Crippen molar-refractivity contribution in [2.45, 2.75) is 20.8 Å². The van der Waals surface area contributed by atoms with E-state index in [9.17, 15) is 4.79 Å². The second-order valence-corrected chi connectivity index (χ2v) is 5.42. The van der Waals surface area contributed by atoms with Crippen LogP contribution in [-0.4, -0.2) is 10.9 Å². The number of nitrogens with one attached hydrogen (secondary N) is 2. The molecule has 0 radical (unpaired) electrons. The maximum absolute atomic E-state index is 11.2. The SMILES string of the molecule is CC(=O)c1ccc(NC(=S)Nc2ccc(C)c(C)c2)cc1. The van der Waals surface area contributed by atoms with Gasteiger partial charge < -0.3 is 10.6 Å². The van der Waals surface area contributed by atoms with Gasteiger partial charge in [0.1, 0.15) is 0 Å². The Hall–Kier alpha value is -2.20. The first-order valence-electron chi connectivity index (χ1n) is 6.72. The van der Waals surface area contributed by atoms with Gasteiger partial charge >= 0.3 is 0 Å². The van der Waals surface area contributed by atoms with Crippen LogP contribution in [0.1, 0.15) is 28.4 Å². The highest BCUT2D eigenvalue weighted by atomic mass is 32.1. The van der Waals surface area contributed by atoms with E-state index in [-0.39, 0.29) is 5.78 Å². The minimum Gasteiger partial charge on any atom is -0.332 e. The molecular weight excluding hydrogens is 280 g/mol. The zero-order chi connectivity index (χ0) is 15.4. The van der Waals surface area contributed by atoms with E-state index in [1.807, 2.05) is 18.2 Å². The van der Waals surface area contributed by atoms with Gasteiger partial charge in [0.15, 0.2) is 10.9 Å². The average molecular weight is 298 g/mol. The van der Waals surface area contributed by atoms with Crippen LogP contribution in [-0.2, 0) is 0 Å². The minimum absolute atomic E-state index is 0.0531. The predicted octanol–water partition coefficient (Wildman–Crippen LogP) is 4.31. The smallest absolute Gasteiger partial charge is 0.175 e. The van der Waals surface area contributed by atoms with Gasteiger partial charge in [-0.15, -0.1) is 0 Å². The van der Waals surface area contributed by atoms with E-state index >= 15 is 0 Å². The molecule has 0 fully saturated rings. The zero-order valence-electron chi connectivity index (χ0n) is 12.4. The Labute approximate surface area is 130 Å². The highest BCUT2D eigenvalue weighted by Crippen LogP contribution is 2.15. The van der Waals surface area contributed by atoms with Crippen molar-refractivity contribution in [2.75, 3.05) is 10.6 Å². The molecule has 0 heterocycles. The topological polar surface area (TPSA) is 41.1 Å². The molecule has 4 heteroatoms. The molecule has 0 aliphatic rings. The third kappa shape index (κ3) is 4.13. The Kier molecular flexibility index (Phi) is 4.70. The predicted molar refractivity (Wildman–Crippen MR) is 92.2 cm³/mol. The summed E-state index contributed by atoms with van der Waals surface area (Å²) in [6, 6.07) is 13.3. The normalized spacial score (nSPS) is 10.0. The summed E-state index contributed by atoms with van der Waals surface area (Å²) < 4.78 is 0. The molecule has 0 atom stereocenters. The lowest BCUT2D eigenvalue weighted by Gasteiger charge is -2.12. The molecule has 2 rings (SSSR count). The molecule has 0 spiro atoms. The van der Waals surface area contributed by atoms with E-state index in [1.165, 1.54) is 11.1 Å². The van der Waals surface area contributed by atoms with Crippen molar-refractivity contribution in [3.63, 3.8) is 0 Å². The van der Waals surface area contributed by atoms with Crippen LogP contribution < -0.4 is 10.6 Å². The van der Waals surface area contributed by atoms with Crippen molar-refractivity contribution < 1.29 is 4.79 Å². The Balaban J connectivity index is 2.01. The number of aryl methyl sites for hydroxylation is 2. The van der Waals surface area contributed by atoms with Gasteiger partial charge in [0.25, 0.3) is 0 Å². The molecule has 3 nitrogen and oxygen atoms in total. The van der Waals surface area contributed by atoms with Gasteiger partial charge in [0.2, 0.25) is 0 Å². The molecule has 0 aromatic heterocycles. The molecule has 2 aromatic carbocycles. The lowest BCUT2D eigenvalue weighted by atomic mass is 10.1. The number of hydrogen-bond acceptors (Lipinski definition) is 2. The number of rotatable bonds is 3. The maximum atomic E-state index is 11.2. The molecule has 21 heavy (non-hydrogen) atoms. The molecule has 0 saturated carbocycles. The number of carbonyl (C=O) groups is 1. The third-order valence-corrected chi connectivity index (χ3v) is 3.52. The molecule has 0 amide bonds. The molecule has 2 aromatic rings. The van der Waals surface area contributed by atoms with Crippen LogP contribution in [0.2, 0.25) is 0 Å². The van der Waals surface area contributed by atoms with Crippen LogP contribution in [0.15, 0.2) is 42.5 Å². The molecule has 108 valence electrons. The van der Waals surface area contributed by atoms with Crippen LogP contribution in [0.25, 0.3) is 0 Å². The minimum atomic E-state index is 0.0531. The van der Waals surface area contributed by atoms with E-state index in [0.29, 0.717) is 10.7 Å². The number of Topliss-reactive ketones (excluding diaryl/α,β-unsaturated/α-hetero) is 1. The second-order valence-electron chi connectivity index (χ2n) is 5.01. The van der Waals surface area contributed by atoms with E-state index in [0.717, 1.165) is 11.4 Å². The first-order chi connectivity index (χ1) is 9.95. The molecule has 0 aliphatic carbocycles. The second kappa shape index (κ2) is 6.50. The summed E-state index contributed by atoms with van der Waals surface area (Å²) in [6.45, 7) is 5.69. The van der Waals surface area contributed by atoms with Crippen LogP contribution in [0, 0.1) is 13.8 Å². The monoisotopic (exact) mass is 298 g/mol. The summed E-state index contributed by atoms with van der Waals surface area (Å²) in [5, 5.41) is 6.77. The highest BCUT2D eigenvalue weighted by Gasteiger charge is 2.02. The van der Waals surface area contributed by atoms with Crippen LogP contribution >= 0.6 is 12.2 Å². The quantitative estimate of drug-likeness (QED) is 0.654. The van der Waals surface area contributed by atoms with E-state index in [4.69, 9.17) is 12.2 Å². The number of hydrogen-bond donors (Lipinski definition) is 2. The third-order valence-electron chi connectivity index (χ3n) is 3.31. The summed E-state index contributed by atoms with van der Waals surface area (Å²) in [7, 11) is 0. The fourth-order valence-corrected chi connectivity index (χ4v) is 2.14. The average Bonchev–Trinajstić information content (AvgIpc) is 2.43. The molecule has 0 unspecified atom stereocenters. The van der Waals surface area contributed by atoms with Crippen molar-refractivity contribution in [3.05, 3.63) is 59.2 Å². The number of anilines is 2. The van der Waals surface area contributed by atoms with Crippen molar-refractivity contribution in [3.8, 4) is 0 Å². The summed E-state index contributed by atoms with van der Waals surface area (Å²) in [5.74, 6) is 0.0531. The van der Waals surface area contributed by atoms with Crippen molar-refractivity contribution in [1.29, 1.82) is 0 Å². The van der Waals surface area contributed by atoms with Gasteiger partial charge in [-0.3, -0.25) is 4.79 Å². The lowest BCUT2D eigenvalue weighted by Crippen LogP contribution is -2.19. The van der Waals surface area contributed by atoms with Gasteiger partial charge in [-0.1, -0.05) is 6.07 Å². The highest BCUT2D eigenvalue weighted by molar-refractivity contribution is 7.80. The van der Waals surface area contributed by atoms with Crippen molar-refractivity contribution >= 4 is 34.5 Å². The Bertz CT molecular complexity index is 678. The van der Waals surface area contributed by atoms with Gasteiger partial charge in [0, 0.05) is 16.9 Å². The van der Waals surface area contributed by atoms with Gasteiger partial charge in [0.05, 0.1) is 0 Å². The van der Waals surface area contributed by atoms with Crippen molar-refractivity contribution in [1.82, 2.24) is 0 Å². The Morgan fingerprint density at radius 1 is 0.905 bits per heavy atom. The lowest BCUT2D eigenvalue weighted by molar-refractivity contribution is 0.101. The molecule has 2 N–H and O–H groups in total. The van der Waals surface area contributed by atoms with Gasteiger partial charge in [-0.2, -0.15) is 0 Å². The molecule has 0 bridgehead atoms. The fraction of sp³-hybridized carbons (Fsp3) is 0.176. The van der Waals surface area contributed by atoms with Crippen LogP contribution in [0.5, 0.6) is 0 Å². The zero-order valence-corrected chi connectivity index (χ0v) is 13.2. The maximum Gasteiger partial charge on any atom is 0.175 e. The van der Waals surface area contributed by atoms with Gasteiger partial charge in [-0.25, -0.2) is 0 Å². The van der Waals surface area contributed by atoms with E-state index in [2.05, 4.69) is 36.6 Å². The first kappa shape index (κ1) is 15.2.